The van der Waals surface area contributed by atoms with Crippen molar-refractivity contribution in [3.63, 3.8) is 0 Å². The number of aromatic hydroxyl groups is 2. The van der Waals surface area contributed by atoms with E-state index in [0.29, 0.717) is 5.56 Å². The minimum Gasteiger partial charge on any atom is -0.504 e. The van der Waals surface area contributed by atoms with Gasteiger partial charge in [0.05, 0.1) is 6.54 Å². The quantitative estimate of drug-likeness (QED) is 0.517. The van der Waals surface area contributed by atoms with Crippen LogP contribution >= 0.6 is 0 Å². The van der Waals surface area contributed by atoms with Crippen molar-refractivity contribution < 1.29 is 15.0 Å². The number of carbonyl (C=O) groups excluding carboxylic acids is 1. The first-order valence-electron chi connectivity index (χ1n) is 5.42. The summed E-state index contributed by atoms with van der Waals surface area (Å²) in [7, 11) is 0. The van der Waals surface area contributed by atoms with Crippen molar-refractivity contribution >= 4 is 5.78 Å². The molecule has 1 fully saturated rings. The predicted molar refractivity (Wildman–Crippen MR) is 59.7 cm³/mol. The van der Waals surface area contributed by atoms with Gasteiger partial charge in [0.15, 0.2) is 17.3 Å². The molecule has 0 saturated heterocycles. The second-order valence-corrected chi connectivity index (χ2v) is 4.20. The smallest absolute Gasteiger partial charge is 0.176 e. The molecule has 86 valence electrons. The summed E-state index contributed by atoms with van der Waals surface area (Å²) in [5.74, 6) is 0.201. The second kappa shape index (κ2) is 4.53. The van der Waals surface area contributed by atoms with Crippen LogP contribution in [0.4, 0.5) is 0 Å². The first-order chi connectivity index (χ1) is 7.66. The fourth-order valence-corrected chi connectivity index (χ4v) is 1.51. The van der Waals surface area contributed by atoms with Gasteiger partial charge in [-0.05, 0) is 43.5 Å². The van der Waals surface area contributed by atoms with E-state index in [1.54, 1.807) is 0 Å². The Morgan fingerprint density at radius 3 is 2.69 bits per heavy atom. The maximum Gasteiger partial charge on any atom is 0.176 e. The lowest BCUT2D eigenvalue weighted by Gasteiger charge is -2.04. The molecule has 1 aliphatic carbocycles. The van der Waals surface area contributed by atoms with Crippen molar-refractivity contribution in [1.82, 2.24) is 5.32 Å². The highest BCUT2D eigenvalue weighted by Gasteiger charge is 2.20. The Balaban J connectivity index is 1.88. The Labute approximate surface area is 93.9 Å². The van der Waals surface area contributed by atoms with Crippen LogP contribution in [-0.2, 0) is 0 Å². The third-order valence-electron chi connectivity index (χ3n) is 2.71. The Kier molecular flexibility index (Phi) is 3.10. The van der Waals surface area contributed by atoms with Crippen LogP contribution in [0.25, 0.3) is 0 Å². The molecule has 0 amide bonds. The molecule has 0 radical (unpaired) electrons. The summed E-state index contributed by atoms with van der Waals surface area (Å²) in [6.45, 7) is 1.16. The maximum absolute atomic E-state index is 11.7. The third kappa shape index (κ3) is 2.73. The van der Waals surface area contributed by atoms with Crippen molar-refractivity contribution in [3.8, 4) is 11.5 Å². The van der Waals surface area contributed by atoms with Crippen molar-refractivity contribution in [1.29, 1.82) is 0 Å². The van der Waals surface area contributed by atoms with Crippen LogP contribution in [0.2, 0.25) is 0 Å². The van der Waals surface area contributed by atoms with E-state index in [1.165, 1.54) is 31.0 Å². The molecule has 0 aromatic heterocycles. The van der Waals surface area contributed by atoms with Gasteiger partial charge in [0.2, 0.25) is 0 Å². The molecule has 4 nitrogen and oxygen atoms in total. The number of rotatable bonds is 5. The van der Waals surface area contributed by atoms with Gasteiger partial charge in [-0.25, -0.2) is 0 Å². The third-order valence-corrected chi connectivity index (χ3v) is 2.71. The average Bonchev–Trinajstić information content (AvgIpc) is 3.06. The molecule has 3 N–H and O–H groups in total. The van der Waals surface area contributed by atoms with E-state index in [2.05, 4.69) is 5.32 Å². The van der Waals surface area contributed by atoms with Gasteiger partial charge in [0.25, 0.3) is 0 Å². The van der Waals surface area contributed by atoms with Crippen molar-refractivity contribution in [2.75, 3.05) is 13.1 Å². The van der Waals surface area contributed by atoms with E-state index in [1.807, 2.05) is 0 Å². The van der Waals surface area contributed by atoms with E-state index in [0.717, 1.165) is 12.5 Å². The fourth-order valence-electron chi connectivity index (χ4n) is 1.51. The van der Waals surface area contributed by atoms with Crippen LogP contribution in [0.5, 0.6) is 11.5 Å². The van der Waals surface area contributed by atoms with Gasteiger partial charge in [-0.15, -0.1) is 0 Å². The SMILES string of the molecule is O=C(CNCC1CC1)c1ccc(O)c(O)c1. The van der Waals surface area contributed by atoms with Crippen LogP contribution < -0.4 is 5.32 Å². The summed E-state index contributed by atoms with van der Waals surface area (Å²) < 4.78 is 0. The normalized spacial score (nSPS) is 15.0. The van der Waals surface area contributed by atoms with Crippen LogP contribution in [0.15, 0.2) is 18.2 Å². The summed E-state index contributed by atoms with van der Waals surface area (Å²) in [5, 5.41) is 21.4. The summed E-state index contributed by atoms with van der Waals surface area (Å²) in [4.78, 5) is 11.7. The zero-order valence-corrected chi connectivity index (χ0v) is 8.94. The molecule has 1 saturated carbocycles. The molecule has 0 heterocycles. The molecule has 0 unspecified atom stereocenters. The summed E-state index contributed by atoms with van der Waals surface area (Å²) in [6.07, 6.45) is 2.50. The van der Waals surface area contributed by atoms with E-state index in [9.17, 15) is 9.90 Å². The number of phenols is 2. The lowest BCUT2D eigenvalue weighted by Crippen LogP contribution is -2.24. The van der Waals surface area contributed by atoms with Crippen LogP contribution in [0.1, 0.15) is 23.2 Å². The monoisotopic (exact) mass is 221 g/mol. The largest absolute Gasteiger partial charge is 0.504 e. The minimum absolute atomic E-state index is 0.0732. The van der Waals surface area contributed by atoms with E-state index < -0.39 is 0 Å². The Bertz CT molecular complexity index is 399. The van der Waals surface area contributed by atoms with Gasteiger partial charge in [-0.3, -0.25) is 4.79 Å². The zero-order valence-electron chi connectivity index (χ0n) is 8.94. The van der Waals surface area contributed by atoms with Gasteiger partial charge < -0.3 is 15.5 Å². The molecule has 16 heavy (non-hydrogen) atoms. The number of phenolic OH excluding ortho intramolecular Hbond substituents is 2. The Morgan fingerprint density at radius 1 is 1.31 bits per heavy atom. The predicted octanol–water partition coefficient (Wildman–Crippen LogP) is 1.28. The first kappa shape index (κ1) is 11.0. The summed E-state index contributed by atoms with van der Waals surface area (Å²) >= 11 is 0. The molecule has 1 aromatic carbocycles. The molecule has 1 aliphatic rings. The number of ketones is 1. The standard InChI is InChI=1S/C12H15NO3/c14-10-4-3-9(5-11(10)15)12(16)7-13-6-8-1-2-8/h3-5,8,13-15H,1-2,6-7H2. The Hall–Kier alpha value is -1.55. The highest BCUT2D eigenvalue weighted by molar-refractivity contribution is 5.98. The first-order valence-corrected chi connectivity index (χ1v) is 5.42. The van der Waals surface area contributed by atoms with Crippen molar-refractivity contribution in [2.24, 2.45) is 5.92 Å². The Morgan fingerprint density at radius 2 is 2.06 bits per heavy atom. The van der Waals surface area contributed by atoms with E-state index in [4.69, 9.17) is 5.11 Å². The van der Waals surface area contributed by atoms with Gasteiger partial charge in [0, 0.05) is 5.56 Å². The van der Waals surface area contributed by atoms with Crippen LogP contribution in [0.3, 0.4) is 0 Å². The number of hydrogen-bond acceptors (Lipinski definition) is 4. The van der Waals surface area contributed by atoms with Gasteiger partial charge >= 0.3 is 0 Å². The molecular weight excluding hydrogens is 206 g/mol. The number of carbonyl (C=O) groups is 1. The van der Waals surface area contributed by atoms with Crippen LogP contribution in [-0.4, -0.2) is 29.1 Å². The molecule has 0 aliphatic heterocycles. The molecule has 0 atom stereocenters. The maximum atomic E-state index is 11.7. The molecule has 2 rings (SSSR count). The molecule has 0 bridgehead atoms. The highest BCUT2D eigenvalue weighted by Crippen LogP contribution is 2.27. The van der Waals surface area contributed by atoms with Crippen LogP contribution in [0, 0.1) is 5.92 Å². The number of benzene rings is 1. The number of Topliss-reactive ketones (excluding diaryl/α,β-unsaturated/α-hetero) is 1. The second-order valence-electron chi connectivity index (χ2n) is 4.20. The number of hydrogen-bond donors (Lipinski definition) is 3. The topological polar surface area (TPSA) is 69.6 Å². The fraction of sp³-hybridized carbons (Fsp3) is 0.417. The number of nitrogens with one attached hydrogen (secondary N) is 1. The summed E-state index contributed by atoms with van der Waals surface area (Å²) in [6, 6.07) is 4.12. The van der Waals surface area contributed by atoms with Crippen molar-refractivity contribution in [3.05, 3.63) is 23.8 Å². The van der Waals surface area contributed by atoms with E-state index >= 15 is 0 Å². The van der Waals surface area contributed by atoms with Crippen molar-refractivity contribution in [2.45, 2.75) is 12.8 Å². The van der Waals surface area contributed by atoms with Gasteiger partial charge in [0.1, 0.15) is 0 Å². The molecule has 0 spiro atoms. The molecule has 1 aromatic rings. The van der Waals surface area contributed by atoms with Gasteiger partial charge in [-0.2, -0.15) is 0 Å². The molecule has 4 heteroatoms. The zero-order chi connectivity index (χ0) is 11.5. The highest BCUT2D eigenvalue weighted by atomic mass is 16.3. The minimum atomic E-state index is -0.256. The average molecular weight is 221 g/mol. The lowest BCUT2D eigenvalue weighted by atomic mass is 10.1. The van der Waals surface area contributed by atoms with Gasteiger partial charge in [-0.1, -0.05) is 0 Å². The molecular formula is C12H15NO3. The summed E-state index contributed by atoms with van der Waals surface area (Å²) in [5.41, 5.74) is 0.415. The van der Waals surface area contributed by atoms with E-state index in [-0.39, 0.29) is 23.8 Å². The lowest BCUT2D eigenvalue weighted by molar-refractivity contribution is 0.0990.